The predicted octanol–water partition coefficient (Wildman–Crippen LogP) is 4.45. The van der Waals surface area contributed by atoms with Gasteiger partial charge in [0.15, 0.2) is 0 Å². The highest BCUT2D eigenvalue weighted by atomic mass is 16.5. The third-order valence-corrected chi connectivity index (χ3v) is 4.18. The van der Waals surface area contributed by atoms with Crippen LogP contribution >= 0.6 is 0 Å². The lowest BCUT2D eigenvalue weighted by Crippen LogP contribution is -2.14. The summed E-state index contributed by atoms with van der Waals surface area (Å²) in [7, 11) is 1.70. The second-order valence-electron chi connectivity index (χ2n) is 5.60. The highest BCUT2D eigenvalue weighted by Gasteiger charge is 2.11. The molecule has 0 fully saturated rings. The summed E-state index contributed by atoms with van der Waals surface area (Å²) in [6, 6.07) is 16.8. The fraction of sp³-hybridized carbons (Fsp3) is 0.368. The van der Waals surface area contributed by atoms with E-state index in [-0.39, 0.29) is 6.04 Å². The van der Waals surface area contributed by atoms with Crippen molar-refractivity contribution < 1.29 is 4.74 Å². The van der Waals surface area contributed by atoms with Crippen molar-refractivity contribution in [1.82, 2.24) is 0 Å². The number of rotatable bonds is 6. The van der Waals surface area contributed by atoms with E-state index >= 15 is 0 Å². The predicted molar refractivity (Wildman–Crippen MR) is 88.8 cm³/mol. The molecule has 0 amide bonds. The molecule has 0 saturated carbocycles. The van der Waals surface area contributed by atoms with Gasteiger partial charge in [-0.05, 0) is 41.5 Å². The molecular formula is C19H25NO. The van der Waals surface area contributed by atoms with Gasteiger partial charge >= 0.3 is 0 Å². The number of hydrogen-bond acceptors (Lipinski definition) is 2. The maximum atomic E-state index is 6.35. The first-order valence-corrected chi connectivity index (χ1v) is 7.63. The van der Waals surface area contributed by atoms with Crippen molar-refractivity contribution in [3.8, 4) is 5.75 Å². The maximum Gasteiger partial charge on any atom is 0.122 e. The first-order chi connectivity index (χ1) is 10.2. The molecule has 0 spiro atoms. The smallest absolute Gasteiger partial charge is 0.122 e. The van der Waals surface area contributed by atoms with E-state index in [4.69, 9.17) is 10.5 Å². The molecule has 2 heteroatoms. The van der Waals surface area contributed by atoms with Gasteiger partial charge in [-0.15, -0.1) is 0 Å². The van der Waals surface area contributed by atoms with Gasteiger partial charge in [-0.25, -0.2) is 0 Å². The maximum absolute atomic E-state index is 6.35. The Morgan fingerprint density at radius 3 is 2.24 bits per heavy atom. The largest absolute Gasteiger partial charge is 0.496 e. The summed E-state index contributed by atoms with van der Waals surface area (Å²) in [5.74, 6) is 1.51. The highest BCUT2D eigenvalue weighted by molar-refractivity contribution is 5.35. The minimum Gasteiger partial charge on any atom is -0.496 e. The number of nitrogens with two attached hydrogens (primary N) is 1. The topological polar surface area (TPSA) is 35.2 Å². The van der Waals surface area contributed by atoms with Gasteiger partial charge in [-0.3, -0.25) is 0 Å². The van der Waals surface area contributed by atoms with Crippen LogP contribution in [0.1, 0.15) is 48.9 Å². The van der Waals surface area contributed by atoms with Gasteiger partial charge in [0.2, 0.25) is 0 Å². The van der Waals surface area contributed by atoms with Crippen LogP contribution in [-0.2, 0) is 6.42 Å². The lowest BCUT2D eigenvalue weighted by molar-refractivity contribution is 0.408. The van der Waals surface area contributed by atoms with E-state index in [1.165, 1.54) is 11.1 Å². The second-order valence-corrected chi connectivity index (χ2v) is 5.60. The highest BCUT2D eigenvalue weighted by Crippen LogP contribution is 2.25. The average molecular weight is 283 g/mol. The molecule has 0 saturated heterocycles. The summed E-state index contributed by atoms with van der Waals surface area (Å²) in [5, 5.41) is 0. The quantitative estimate of drug-likeness (QED) is 0.850. The van der Waals surface area contributed by atoms with Gasteiger partial charge in [-0.2, -0.15) is 0 Å². The van der Waals surface area contributed by atoms with Crippen molar-refractivity contribution in [1.29, 1.82) is 0 Å². The summed E-state index contributed by atoms with van der Waals surface area (Å²) in [5.41, 5.74) is 10.1. The second kappa shape index (κ2) is 7.28. The molecule has 0 heterocycles. The molecule has 0 aliphatic carbocycles. The van der Waals surface area contributed by atoms with Crippen LogP contribution in [0.2, 0.25) is 0 Å². The van der Waals surface area contributed by atoms with Gasteiger partial charge in [0, 0.05) is 6.04 Å². The summed E-state index contributed by atoms with van der Waals surface area (Å²) in [6.45, 7) is 4.47. The van der Waals surface area contributed by atoms with Crippen LogP contribution in [0.15, 0.2) is 48.5 Å². The minimum absolute atomic E-state index is 0.00715. The van der Waals surface area contributed by atoms with E-state index in [1.807, 2.05) is 18.2 Å². The van der Waals surface area contributed by atoms with E-state index in [1.54, 1.807) is 7.11 Å². The zero-order valence-electron chi connectivity index (χ0n) is 13.2. The Balaban J connectivity index is 2.11. The SMILES string of the molecule is CCC(C)c1ccc(C(N)Cc2ccccc2OC)cc1. The van der Waals surface area contributed by atoms with Crippen LogP contribution in [0.25, 0.3) is 0 Å². The molecule has 0 aliphatic rings. The van der Waals surface area contributed by atoms with Crippen molar-refractivity contribution in [3.63, 3.8) is 0 Å². The van der Waals surface area contributed by atoms with Gasteiger partial charge < -0.3 is 10.5 Å². The molecule has 2 atom stereocenters. The van der Waals surface area contributed by atoms with Crippen molar-refractivity contribution in [3.05, 3.63) is 65.2 Å². The normalized spacial score (nSPS) is 13.7. The van der Waals surface area contributed by atoms with E-state index in [9.17, 15) is 0 Å². The number of methoxy groups -OCH3 is 1. The van der Waals surface area contributed by atoms with Gasteiger partial charge in [0.1, 0.15) is 5.75 Å². The van der Waals surface area contributed by atoms with Crippen LogP contribution in [0.3, 0.4) is 0 Å². The zero-order valence-corrected chi connectivity index (χ0v) is 13.2. The first-order valence-electron chi connectivity index (χ1n) is 7.63. The minimum atomic E-state index is -0.00715. The Morgan fingerprint density at radius 2 is 1.62 bits per heavy atom. The summed E-state index contributed by atoms with van der Waals surface area (Å²) < 4.78 is 5.39. The summed E-state index contributed by atoms with van der Waals surface area (Å²) in [4.78, 5) is 0. The standard InChI is InChI=1S/C19H25NO/c1-4-14(2)15-9-11-16(12-10-15)18(20)13-17-7-5-6-8-19(17)21-3/h5-12,14,18H,4,13,20H2,1-3H3. The molecule has 2 N–H and O–H groups in total. The first kappa shape index (κ1) is 15.6. The molecule has 0 bridgehead atoms. The molecule has 0 aliphatic heterocycles. The Kier molecular flexibility index (Phi) is 5.40. The molecular weight excluding hydrogens is 258 g/mol. The Morgan fingerprint density at radius 1 is 1.00 bits per heavy atom. The average Bonchev–Trinajstić information content (AvgIpc) is 2.54. The molecule has 2 rings (SSSR count). The Labute approximate surface area is 127 Å². The number of hydrogen-bond donors (Lipinski definition) is 1. The van der Waals surface area contributed by atoms with Crippen molar-refractivity contribution in [2.45, 2.75) is 38.6 Å². The lowest BCUT2D eigenvalue weighted by atomic mass is 9.94. The van der Waals surface area contributed by atoms with E-state index in [2.05, 4.69) is 44.2 Å². The van der Waals surface area contributed by atoms with E-state index in [0.717, 1.165) is 24.2 Å². The van der Waals surface area contributed by atoms with E-state index in [0.29, 0.717) is 5.92 Å². The number of benzene rings is 2. The molecule has 21 heavy (non-hydrogen) atoms. The molecule has 2 unspecified atom stereocenters. The third-order valence-electron chi connectivity index (χ3n) is 4.18. The van der Waals surface area contributed by atoms with Crippen LogP contribution in [-0.4, -0.2) is 7.11 Å². The van der Waals surface area contributed by atoms with Crippen LogP contribution < -0.4 is 10.5 Å². The van der Waals surface area contributed by atoms with Crippen LogP contribution in [0, 0.1) is 0 Å². The molecule has 112 valence electrons. The Hall–Kier alpha value is -1.80. The molecule has 0 radical (unpaired) electrons. The zero-order chi connectivity index (χ0) is 15.2. The third kappa shape index (κ3) is 3.85. The van der Waals surface area contributed by atoms with E-state index < -0.39 is 0 Å². The fourth-order valence-corrected chi connectivity index (χ4v) is 2.53. The molecule has 2 nitrogen and oxygen atoms in total. The lowest BCUT2D eigenvalue weighted by Gasteiger charge is -2.16. The van der Waals surface area contributed by atoms with Crippen LogP contribution in [0.4, 0.5) is 0 Å². The van der Waals surface area contributed by atoms with Crippen LogP contribution in [0.5, 0.6) is 5.75 Å². The van der Waals surface area contributed by atoms with Crippen molar-refractivity contribution in [2.75, 3.05) is 7.11 Å². The molecule has 2 aromatic rings. The molecule has 0 aromatic heterocycles. The summed E-state index contributed by atoms with van der Waals surface area (Å²) in [6.07, 6.45) is 1.94. The number of para-hydroxylation sites is 1. The van der Waals surface area contributed by atoms with Gasteiger partial charge in [-0.1, -0.05) is 56.3 Å². The number of ether oxygens (including phenoxy) is 1. The van der Waals surface area contributed by atoms with Gasteiger partial charge in [0.05, 0.1) is 7.11 Å². The fourth-order valence-electron chi connectivity index (χ4n) is 2.53. The van der Waals surface area contributed by atoms with Crippen molar-refractivity contribution >= 4 is 0 Å². The monoisotopic (exact) mass is 283 g/mol. The molecule has 2 aromatic carbocycles. The van der Waals surface area contributed by atoms with Crippen molar-refractivity contribution in [2.24, 2.45) is 5.73 Å². The summed E-state index contributed by atoms with van der Waals surface area (Å²) >= 11 is 0. The Bertz CT molecular complexity index is 562. The van der Waals surface area contributed by atoms with Gasteiger partial charge in [0.25, 0.3) is 0 Å².